The molecule has 1 aliphatic rings. The van der Waals surface area contributed by atoms with Crippen LogP contribution in [0, 0.1) is 32.1 Å². The van der Waals surface area contributed by atoms with Crippen molar-refractivity contribution in [3.05, 3.63) is 79.9 Å². The number of carbonyl (C=O) groups excluding carboxylic acids is 1. The highest BCUT2D eigenvalue weighted by Gasteiger charge is 2.40. The van der Waals surface area contributed by atoms with Crippen LogP contribution in [0.2, 0.25) is 0 Å². The lowest BCUT2D eigenvalue weighted by molar-refractivity contribution is -0.385. The number of nitro benzene ring substituents is 2. The van der Waals surface area contributed by atoms with E-state index >= 15 is 0 Å². The Balaban J connectivity index is 1.91. The zero-order valence-corrected chi connectivity index (χ0v) is 14.9. The van der Waals surface area contributed by atoms with E-state index in [4.69, 9.17) is 0 Å². The van der Waals surface area contributed by atoms with E-state index in [2.05, 4.69) is 5.32 Å². The molecule has 1 N–H and O–H groups in total. The number of carbonyl (C=O) groups is 1. The number of hydrogen-bond donors (Lipinski definition) is 1. The van der Waals surface area contributed by atoms with E-state index in [9.17, 15) is 25.0 Å². The Hall–Kier alpha value is -3.13. The average molecular weight is 369 g/mol. The van der Waals surface area contributed by atoms with Gasteiger partial charge in [-0.3, -0.25) is 25.0 Å². The molecular formula is C19H19N3O5. The van der Waals surface area contributed by atoms with Gasteiger partial charge in [-0.2, -0.15) is 0 Å². The van der Waals surface area contributed by atoms with Gasteiger partial charge >= 0.3 is 0 Å². The Morgan fingerprint density at radius 3 is 1.37 bits per heavy atom. The lowest BCUT2D eigenvalue weighted by Crippen LogP contribution is -2.46. The van der Waals surface area contributed by atoms with Crippen LogP contribution in [0.15, 0.2) is 48.5 Å². The molecule has 4 atom stereocenters. The van der Waals surface area contributed by atoms with E-state index in [1.807, 2.05) is 13.8 Å². The minimum Gasteiger partial charge on any atom is -0.302 e. The molecule has 8 heteroatoms. The van der Waals surface area contributed by atoms with Crippen molar-refractivity contribution in [2.45, 2.75) is 25.9 Å². The summed E-state index contributed by atoms with van der Waals surface area (Å²) in [4.78, 5) is 33.6. The summed E-state index contributed by atoms with van der Waals surface area (Å²) in [5.41, 5.74) is 1.57. The summed E-state index contributed by atoms with van der Waals surface area (Å²) >= 11 is 0. The number of rotatable bonds is 4. The van der Waals surface area contributed by atoms with Gasteiger partial charge in [0, 0.05) is 48.2 Å². The predicted molar refractivity (Wildman–Crippen MR) is 98.1 cm³/mol. The standard InChI is InChI=1S/C19H19N3O5/c1-11-17(13-3-7-15(8-4-13)21(24)25)20-18(12(2)19(11)23)14-5-9-16(10-6-14)22(26)27/h3-12,17-18,20H,1-2H3/t11-,12+,17-,18-/m1/s1. The van der Waals surface area contributed by atoms with E-state index in [1.165, 1.54) is 24.3 Å². The Morgan fingerprint density at radius 2 is 1.07 bits per heavy atom. The normalized spacial score (nSPS) is 25.2. The summed E-state index contributed by atoms with van der Waals surface area (Å²) in [6.45, 7) is 3.67. The second-order valence-corrected chi connectivity index (χ2v) is 6.80. The molecule has 0 aromatic heterocycles. The fraction of sp³-hybridized carbons (Fsp3) is 0.316. The van der Waals surface area contributed by atoms with E-state index in [0.29, 0.717) is 0 Å². The van der Waals surface area contributed by atoms with Crippen LogP contribution in [-0.4, -0.2) is 15.6 Å². The van der Waals surface area contributed by atoms with Crippen LogP contribution in [0.4, 0.5) is 11.4 Å². The Bertz CT molecular complexity index is 808. The highest BCUT2D eigenvalue weighted by atomic mass is 16.6. The molecule has 1 fully saturated rings. The van der Waals surface area contributed by atoms with Crippen LogP contribution in [0.25, 0.3) is 0 Å². The fourth-order valence-electron chi connectivity index (χ4n) is 3.60. The summed E-state index contributed by atoms with van der Waals surface area (Å²) in [7, 11) is 0. The molecule has 2 aromatic carbocycles. The summed E-state index contributed by atoms with van der Waals surface area (Å²) in [6, 6.07) is 11.7. The zero-order chi connectivity index (χ0) is 19.7. The summed E-state index contributed by atoms with van der Waals surface area (Å²) in [5.74, 6) is -0.507. The zero-order valence-electron chi connectivity index (χ0n) is 14.9. The van der Waals surface area contributed by atoms with Crippen molar-refractivity contribution in [3.63, 3.8) is 0 Å². The number of non-ortho nitro benzene ring substituents is 2. The van der Waals surface area contributed by atoms with Crippen LogP contribution >= 0.6 is 0 Å². The second-order valence-electron chi connectivity index (χ2n) is 6.80. The van der Waals surface area contributed by atoms with Crippen LogP contribution in [0.5, 0.6) is 0 Å². The molecule has 1 saturated heterocycles. The number of ketones is 1. The topological polar surface area (TPSA) is 115 Å². The smallest absolute Gasteiger partial charge is 0.269 e. The molecule has 3 rings (SSSR count). The molecular weight excluding hydrogens is 350 g/mol. The van der Waals surface area contributed by atoms with Crippen molar-refractivity contribution in [3.8, 4) is 0 Å². The van der Waals surface area contributed by atoms with Gasteiger partial charge in [0.05, 0.1) is 9.85 Å². The SMILES string of the molecule is C[C@@H]1C(=O)[C@H](C)[C@H](c2ccc([N+](=O)[O-])cc2)N[C@H]1c1ccc([N+](=O)[O-])cc1. The third-order valence-corrected chi connectivity index (χ3v) is 5.18. The first-order valence-corrected chi connectivity index (χ1v) is 8.58. The molecule has 0 radical (unpaired) electrons. The van der Waals surface area contributed by atoms with Gasteiger partial charge in [0.25, 0.3) is 11.4 Å². The molecule has 0 unspecified atom stereocenters. The van der Waals surface area contributed by atoms with Crippen LogP contribution in [0.1, 0.15) is 37.1 Å². The monoisotopic (exact) mass is 369 g/mol. The maximum Gasteiger partial charge on any atom is 0.269 e. The third kappa shape index (κ3) is 3.56. The summed E-state index contributed by atoms with van der Waals surface area (Å²) in [5, 5.41) is 25.1. The third-order valence-electron chi connectivity index (χ3n) is 5.18. The molecule has 0 spiro atoms. The van der Waals surface area contributed by atoms with Gasteiger partial charge in [-0.1, -0.05) is 38.1 Å². The first kappa shape index (κ1) is 18.7. The molecule has 140 valence electrons. The van der Waals surface area contributed by atoms with Gasteiger partial charge < -0.3 is 5.32 Å². The number of nitro groups is 2. The van der Waals surface area contributed by atoms with Crippen molar-refractivity contribution in [2.24, 2.45) is 11.8 Å². The Labute approximate surface area is 155 Å². The number of Topliss-reactive ketones (excluding diaryl/α,β-unsaturated/α-hetero) is 1. The maximum atomic E-state index is 12.8. The highest BCUT2D eigenvalue weighted by molar-refractivity contribution is 5.85. The minimum atomic E-state index is -0.464. The van der Waals surface area contributed by atoms with E-state index < -0.39 is 9.85 Å². The molecule has 0 bridgehead atoms. The van der Waals surface area contributed by atoms with Crippen LogP contribution in [0.3, 0.4) is 0 Å². The lowest BCUT2D eigenvalue weighted by atomic mass is 9.76. The summed E-state index contributed by atoms with van der Waals surface area (Å²) < 4.78 is 0. The predicted octanol–water partition coefficient (Wildman–Crippen LogP) is 3.73. The number of piperidine rings is 1. The van der Waals surface area contributed by atoms with Crippen molar-refractivity contribution in [1.29, 1.82) is 0 Å². The average Bonchev–Trinajstić information content (AvgIpc) is 2.66. The van der Waals surface area contributed by atoms with Gasteiger partial charge in [0.1, 0.15) is 5.78 Å². The number of benzene rings is 2. The van der Waals surface area contributed by atoms with Crippen molar-refractivity contribution >= 4 is 17.2 Å². The Morgan fingerprint density at radius 1 is 0.741 bits per heavy atom. The molecule has 8 nitrogen and oxygen atoms in total. The molecule has 27 heavy (non-hydrogen) atoms. The fourth-order valence-corrected chi connectivity index (χ4v) is 3.60. The molecule has 0 amide bonds. The van der Waals surface area contributed by atoms with Crippen LogP contribution in [-0.2, 0) is 4.79 Å². The van der Waals surface area contributed by atoms with Crippen molar-refractivity contribution in [2.75, 3.05) is 0 Å². The van der Waals surface area contributed by atoms with Gasteiger partial charge in [-0.05, 0) is 11.1 Å². The molecule has 1 aliphatic heterocycles. The second kappa shape index (κ2) is 7.24. The van der Waals surface area contributed by atoms with Gasteiger partial charge in [-0.15, -0.1) is 0 Å². The number of nitrogens with one attached hydrogen (secondary N) is 1. The summed E-state index contributed by atoms with van der Waals surface area (Å²) in [6.07, 6.45) is 0. The Kier molecular flexibility index (Phi) is 5.00. The number of hydrogen-bond acceptors (Lipinski definition) is 6. The molecule has 1 heterocycles. The first-order chi connectivity index (χ1) is 12.8. The van der Waals surface area contributed by atoms with Crippen molar-refractivity contribution in [1.82, 2.24) is 5.32 Å². The lowest BCUT2D eigenvalue weighted by Gasteiger charge is -2.39. The molecule has 0 saturated carbocycles. The van der Waals surface area contributed by atoms with Crippen molar-refractivity contribution < 1.29 is 14.6 Å². The minimum absolute atomic E-state index is 0.00572. The molecule has 0 aliphatic carbocycles. The molecule has 2 aromatic rings. The van der Waals surface area contributed by atoms with Gasteiger partial charge in [0.15, 0.2) is 0 Å². The number of nitrogens with zero attached hydrogens (tertiary/aromatic N) is 2. The van der Waals surface area contributed by atoms with Gasteiger partial charge in [-0.25, -0.2) is 0 Å². The highest BCUT2D eigenvalue weighted by Crippen LogP contribution is 2.38. The van der Waals surface area contributed by atoms with E-state index in [0.717, 1.165) is 11.1 Å². The quantitative estimate of drug-likeness (QED) is 0.648. The first-order valence-electron chi connectivity index (χ1n) is 8.58. The van der Waals surface area contributed by atoms with Gasteiger partial charge in [0.2, 0.25) is 0 Å². The van der Waals surface area contributed by atoms with Crippen LogP contribution < -0.4 is 5.32 Å². The maximum absolute atomic E-state index is 12.8. The van der Waals surface area contributed by atoms with E-state index in [1.54, 1.807) is 24.3 Å². The largest absolute Gasteiger partial charge is 0.302 e. The van der Waals surface area contributed by atoms with E-state index in [-0.39, 0.29) is 41.1 Å².